The molecule has 0 bridgehead atoms. The Kier molecular flexibility index (Phi) is 8.03. The Bertz CT molecular complexity index is 1230. The molecule has 1 amide bonds. The third kappa shape index (κ3) is 6.07. The molecule has 34 heavy (non-hydrogen) atoms. The zero-order valence-electron chi connectivity index (χ0n) is 18.8. The molecule has 9 heteroatoms. The first kappa shape index (κ1) is 23.6. The van der Waals surface area contributed by atoms with Gasteiger partial charge in [-0.2, -0.15) is 0 Å². The highest BCUT2D eigenvalue weighted by molar-refractivity contribution is 7.16. The number of methoxy groups -OCH3 is 1. The summed E-state index contributed by atoms with van der Waals surface area (Å²) in [6, 6.07) is 17.3. The van der Waals surface area contributed by atoms with Crippen LogP contribution in [0, 0.1) is 0 Å². The van der Waals surface area contributed by atoms with Crippen molar-refractivity contribution in [3.05, 3.63) is 77.4 Å². The molecule has 1 atom stereocenters. The number of nitrogens with zero attached hydrogens (tertiary/aromatic N) is 2. The molecule has 0 spiro atoms. The van der Waals surface area contributed by atoms with Crippen LogP contribution in [0.2, 0.25) is 0 Å². The van der Waals surface area contributed by atoms with E-state index in [0.717, 1.165) is 21.5 Å². The van der Waals surface area contributed by atoms with Crippen molar-refractivity contribution in [2.24, 2.45) is 0 Å². The van der Waals surface area contributed by atoms with Crippen molar-refractivity contribution in [1.82, 2.24) is 15.3 Å². The van der Waals surface area contributed by atoms with E-state index in [-0.39, 0.29) is 18.6 Å². The van der Waals surface area contributed by atoms with E-state index in [1.165, 1.54) is 6.20 Å². The first-order chi connectivity index (χ1) is 16.7. The number of ether oxygens (including phenoxy) is 1. The van der Waals surface area contributed by atoms with Crippen LogP contribution in [-0.2, 0) is 11.2 Å². The average Bonchev–Trinajstić information content (AvgIpc) is 3.32. The number of nitrogens with one attached hydrogen (secondary N) is 3. The Hall–Kier alpha value is -3.53. The smallest absolute Gasteiger partial charge is 0.255 e. The summed E-state index contributed by atoms with van der Waals surface area (Å²) in [5, 5.41) is 19.5. The summed E-state index contributed by atoms with van der Waals surface area (Å²) in [6.45, 7) is 0.707. The van der Waals surface area contributed by atoms with E-state index < -0.39 is 0 Å². The highest BCUT2D eigenvalue weighted by Crippen LogP contribution is 2.26. The van der Waals surface area contributed by atoms with Gasteiger partial charge in [0, 0.05) is 31.6 Å². The van der Waals surface area contributed by atoms with Crippen LogP contribution in [0.25, 0.3) is 10.2 Å². The molecular formula is C25H27N5O3S. The molecule has 0 aliphatic heterocycles. The highest BCUT2D eigenvalue weighted by Gasteiger charge is 2.17. The van der Waals surface area contributed by atoms with Crippen molar-refractivity contribution in [1.29, 1.82) is 0 Å². The third-order valence-corrected chi connectivity index (χ3v) is 6.04. The summed E-state index contributed by atoms with van der Waals surface area (Å²) in [5.74, 6) is 0.317. The molecule has 0 saturated carbocycles. The number of carbonyl (C=O) groups is 1. The maximum absolute atomic E-state index is 12.8. The number of aliphatic hydroxyl groups excluding tert-OH is 1. The van der Waals surface area contributed by atoms with E-state index in [9.17, 15) is 9.90 Å². The lowest BCUT2D eigenvalue weighted by Gasteiger charge is -2.21. The minimum Gasteiger partial charge on any atom is -0.394 e. The monoisotopic (exact) mass is 477 g/mol. The number of amides is 1. The molecule has 0 aliphatic rings. The average molecular weight is 478 g/mol. The second-order valence-corrected chi connectivity index (χ2v) is 8.62. The maximum atomic E-state index is 12.8. The van der Waals surface area contributed by atoms with Crippen LogP contribution in [0.3, 0.4) is 0 Å². The van der Waals surface area contributed by atoms with Gasteiger partial charge in [-0.1, -0.05) is 30.3 Å². The van der Waals surface area contributed by atoms with Gasteiger partial charge in [0.25, 0.3) is 5.91 Å². The molecule has 0 saturated heterocycles. The number of pyridine rings is 1. The number of fused-ring (bicyclic) bond motifs is 1. The van der Waals surface area contributed by atoms with E-state index in [0.29, 0.717) is 36.6 Å². The fourth-order valence-electron chi connectivity index (χ4n) is 3.55. The van der Waals surface area contributed by atoms with Crippen LogP contribution in [0.1, 0.15) is 15.9 Å². The quantitative estimate of drug-likeness (QED) is 0.243. The van der Waals surface area contributed by atoms with Crippen LogP contribution >= 0.6 is 11.3 Å². The van der Waals surface area contributed by atoms with E-state index in [1.807, 2.05) is 54.0 Å². The number of aliphatic hydroxyl groups is 1. The van der Waals surface area contributed by atoms with Gasteiger partial charge in [-0.3, -0.25) is 4.79 Å². The van der Waals surface area contributed by atoms with Crippen LogP contribution in [-0.4, -0.2) is 53.9 Å². The van der Waals surface area contributed by atoms with Crippen molar-refractivity contribution in [2.45, 2.75) is 12.5 Å². The van der Waals surface area contributed by atoms with Gasteiger partial charge in [0.2, 0.25) is 0 Å². The zero-order chi connectivity index (χ0) is 23.8. The third-order valence-electron chi connectivity index (χ3n) is 5.25. The number of anilines is 3. The van der Waals surface area contributed by atoms with Crippen LogP contribution < -0.4 is 16.0 Å². The van der Waals surface area contributed by atoms with Crippen LogP contribution in [0.4, 0.5) is 17.2 Å². The molecule has 176 valence electrons. The van der Waals surface area contributed by atoms with Crippen LogP contribution in [0.5, 0.6) is 0 Å². The van der Waals surface area contributed by atoms with E-state index in [1.54, 1.807) is 24.5 Å². The topological polar surface area (TPSA) is 108 Å². The number of benzene rings is 2. The highest BCUT2D eigenvalue weighted by atomic mass is 32.1. The summed E-state index contributed by atoms with van der Waals surface area (Å²) in [7, 11) is 1.58. The summed E-state index contributed by atoms with van der Waals surface area (Å²) in [6.07, 6.45) is 2.14. The molecular weight excluding hydrogens is 450 g/mol. The van der Waals surface area contributed by atoms with E-state index in [2.05, 4.69) is 25.9 Å². The molecule has 0 fully saturated rings. The van der Waals surface area contributed by atoms with Gasteiger partial charge in [-0.25, -0.2) is 9.97 Å². The summed E-state index contributed by atoms with van der Waals surface area (Å²) in [4.78, 5) is 21.6. The number of hydrogen-bond acceptors (Lipinski definition) is 8. The Balaban J connectivity index is 1.58. The van der Waals surface area contributed by atoms with Gasteiger partial charge in [-0.05, 0) is 30.2 Å². The second kappa shape index (κ2) is 11.6. The molecule has 4 N–H and O–H groups in total. The second-order valence-electron chi connectivity index (χ2n) is 7.74. The predicted molar refractivity (Wildman–Crippen MR) is 136 cm³/mol. The lowest BCUT2D eigenvalue weighted by molar-refractivity contribution is 0.0937. The molecule has 8 nitrogen and oxygen atoms in total. The van der Waals surface area contributed by atoms with Crippen molar-refractivity contribution in [3.8, 4) is 0 Å². The lowest BCUT2D eigenvalue weighted by Crippen LogP contribution is -2.31. The molecule has 4 aromatic rings. The fourth-order valence-corrected chi connectivity index (χ4v) is 4.26. The fraction of sp³-hybridized carbons (Fsp3) is 0.240. The molecule has 2 aromatic heterocycles. The SMILES string of the molecule is COCCNC(=O)c1cnc(Nc2ccc3ncsc3c2)cc1N[C@H](CO)Cc1ccccc1. The summed E-state index contributed by atoms with van der Waals surface area (Å²) < 4.78 is 6.09. The Morgan fingerprint density at radius 1 is 1.15 bits per heavy atom. The molecule has 0 aliphatic carbocycles. The van der Waals surface area contributed by atoms with Crippen molar-refractivity contribution >= 4 is 44.7 Å². The molecule has 2 heterocycles. The Morgan fingerprint density at radius 2 is 2.00 bits per heavy atom. The molecule has 0 radical (unpaired) electrons. The number of aromatic nitrogens is 2. The summed E-state index contributed by atoms with van der Waals surface area (Å²) >= 11 is 1.57. The van der Waals surface area contributed by atoms with Gasteiger partial charge < -0.3 is 25.8 Å². The minimum atomic E-state index is -0.281. The largest absolute Gasteiger partial charge is 0.394 e. The number of carbonyl (C=O) groups excluding carboxylic acids is 1. The van der Waals surface area contributed by atoms with Gasteiger partial charge in [-0.15, -0.1) is 11.3 Å². The molecule has 0 unspecified atom stereocenters. The first-order valence-electron chi connectivity index (χ1n) is 10.9. The number of hydrogen-bond donors (Lipinski definition) is 4. The van der Waals surface area contributed by atoms with Gasteiger partial charge >= 0.3 is 0 Å². The maximum Gasteiger partial charge on any atom is 0.255 e. The summed E-state index contributed by atoms with van der Waals surface area (Å²) in [5.41, 5.74) is 5.70. The molecule has 2 aromatic carbocycles. The minimum absolute atomic E-state index is 0.0905. The van der Waals surface area contributed by atoms with E-state index >= 15 is 0 Å². The predicted octanol–water partition coefficient (Wildman–Crippen LogP) is 3.83. The van der Waals surface area contributed by atoms with Crippen LogP contribution in [0.15, 0.2) is 66.3 Å². The number of thiazole rings is 1. The van der Waals surface area contributed by atoms with Crippen molar-refractivity contribution in [2.75, 3.05) is 37.5 Å². The standard InChI is InChI=1S/C25H27N5O3S/c1-33-10-9-26-25(32)20-14-27-24(30-18-7-8-21-23(12-18)34-16-28-21)13-22(20)29-19(15-31)11-17-5-3-2-4-6-17/h2-8,12-14,16,19,31H,9-11,15H2,1H3,(H,26,32)(H2,27,29,30)/t19-/m0/s1. The van der Waals surface area contributed by atoms with Gasteiger partial charge in [0.05, 0.1) is 46.2 Å². The van der Waals surface area contributed by atoms with Gasteiger partial charge in [0.1, 0.15) is 5.82 Å². The first-order valence-corrected chi connectivity index (χ1v) is 11.8. The zero-order valence-corrected chi connectivity index (χ0v) is 19.6. The molecule has 4 rings (SSSR count). The Labute approximate surface area is 202 Å². The lowest BCUT2D eigenvalue weighted by atomic mass is 10.1. The normalized spacial score (nSPS) is 11.8. The van der Waals surface area contributed by atoms with Gasteiger partial charge in [0.15, 0.2) is 0 Å². The van der Waals surface area contributed by atoms with Crippen molar-refractivity contribution < 1.29 is 14.6 Å². The number of rotatable bonds is 11. The van der Waals surface area contributed by atoms with Crippen molar-refractivity contribution in [3.63, 3.8) is 0 Å². The Morgan fingerprint density at radius 3 is 2.79 bits per heavy atom. The van der Waals surface area contributed by atoms with E-state index in [4.69, 9.17) is 4.74 Å².